The Bertz CT molecular complexity index is 1390. The van der Waals surface area contributed by atoms with E-state index in [4.69, 9.17) is 9.72 Å². The van der Waals surface area contributed by atoms with Gasteiger partial charge in [-0.15, -0.1) is 0 Å². The summed E-state index contributed by atoms with van der Waals surface area (Å²) in [5.74, 6) is -0.611. The molecule has 2 aliphatic heterocycles. The van der Waals surface area contributed by atoms with E-state index >= 15 is 0 Å². The van der Waals surface area contributed by atoms with Crippen LogP contribution in [-0.2, 0) is 11.8 Å². The third-order valence-corrected chi connectivity index (χ3v) is 6.57. The average Bonchev–Trinajstić information content (AvgIpc) is 2.81. The molecule has 0 saturated carbocycles. The maximum absolute atomic E-state index is 14.8. The monoisotopic (exact) mass is 485 g/mol. The van der Waals surface area contributed by atoms with E-state index in [1.807, 2.05) is 12.1 Å². The molecule has 0 spiro atoms. The number of aromatic nitrogens is 3. The normalized spacial score (nSPS) is 20.7. The van der Waals surface area contributed by atoms with Crippen LogP contribution in [0.3, 0.4) is 0 Å². The summed E-state index contributed by atoms with van der Waals surface area (Å²) in [4.78, 5) is 17.6. The molecule has 5 rings (SSSR count). The second-order valence-corrected chi connectivity index (χ2v) is 9.06. The molecule has 0 aliphatic carbocycles. The number of pyridine rings is 1. The van der Waals surface area contributed by atoms with E-state index in [2.05, 4.69) is 15.7 Å². The van der Waals surface area contributed by atoms with Crippen molar-refractivity contribution in [3.8, 4) is 0 Å². The number of hydrogen-bond acceptors (Lipinski definition) is 6. The average molecular weight is 486 g/mol. The number of nitrogens with one attached hydrogen (secondary N) is 2. The maximum atomic E-state index is 14.8. The summed E-state index contributed by atoms with van der Waals surface area (Å²) >= 11 is 0. The molecule has 1 aromatic carbocycles. The van der Waals surface area contributed by atoms with E-state index in [0.717, 1.165) is 30.4 Å². The molecule has 2 N–H and O–H groups in total. The second-order valence-electron chi connectivity index (χ2n) is 9.06. The zero-order chi connectivity index (χ0) is 24.9. The van der Waals surface area contributed by atoms with Gasteiger partial charge in [0.1, 0.15) is 5.82 Å². The minimum atomic E-state index is -2.92. The fraction of sp³-hybridized carbons (Fsp3) is 0.400. The standard InChI is InChI=1S/C25H26F3N5O2/c1-12(17-5-4-6-18(22(17)26)23(27)28)31-24-19-9-20(14-7-15-10-29-11-16(8-14)35-15)30-13(2)21(19)25(34)33(3)32-24/h4-7,9,12,15-16,23,29H,8,10-11H2,1-3H3,(H,31,32)/t12-,15?,16+/m1/s1. The number of anilines is 1. The molecule has 10 heteroatoms. The Balaban J connectivity index is 1.59. The third-order valence-electron chi connectivity index (χ3n) is 6.57. The van der Waals surface area contributed by atoms with Crippen LogP contribution in [-0.4, -0.2) is 40.1 Å². The van der Waals surface area contributed by atoms with Crippen molar-refractivity contribution in [3.05, 3.63) is 69.0 Å². The Hall–Kier alpha value is -3.24. The Kier molecular flexibility index (Phi) is 6.10. The highest BCUT2D eigenvalue weighted by Gasteiger charge is 2.28. The van der Waals surface area contributed by atoms with E-state index in [0.29, 0.717) is 28.7 Å². The number of alkyl halides is 2. The zero-order valence-corrected chi connectivity index (χ0v) is 19.6. The highest BCUT2D eigenvalue weighted by molar-refractivity contribution is 5.94. The summed E-state index contributed by atoms with van der Waals surface area (Å²) in [5, 5.41) is 11.8. The largest absolute Gasteiger partial charge is 0.368 e. The van der Waals surface area contributed by atoms with Crippen LogP contribution in [0.1, 0.15) is 48.3 Å². The highest BCUT2D eigenvalue weighted by Crippen LogP contribution is 2.33. The summed E-state index contributed by atoms with van der Waals surface area (Å²) in [6, 6.07) is 5.06. The molecule has 7 nitrogen and oxygen atoms in total. The van der Waals surface area contributed by atoms with Crippen LogP contribution in [0, 0.1) is 12.7 Å². The van der Waals surface area contributed by atoms with Crippen molar-refractivity contribution in [1.82, 2.24) is 20.1 Å². The number of aryl methyl sites for hydroxylation is 2. The van der Waals surface area contributed by atoms with Crippen LogP contribution >= 0.6 is 0 Å². The summed E-state index contributed by atoms with van der Waals surface area (Å²) in [6.45, 7) is 4.92. The van der Waals surface area contributed by atoms with Crippen molar-refractivity contribution in [2.45, 2.75) is 44.9 Å². The molecule has 3 atom stereocenters. The number of rotatable bonds is 5. The summed E-state index contributed by atoms with van der Waals surface area (Å²) in [7, 11) is 1.53. The van der Waals surface area contributed by atoms with Gasteiger partial charge in [-0.2, -0.15) is 5.10 Å². The minimum absolute atomic E-state index is 0.0419. The Morgan fingerprint density at radius 3 is 2.77 bits per heavy atom. The lowest BCUT2D eigenvalue weighted by Gasteiger charge is -2.34. The maximum Gasteiger partial charge on any atom is 0.276 e. The van der Waals surface area contributed by atoms with Crippen LogP contribution < -0.4 is 16.2 Å². The lowest BCUT2D eigenvalue weighted by atomic mass is 9.95. The summed E-state index contributed by atoms with van der Waals surface area (Å²) < 4.78 is 48.4. The molecule has 184 valence electrons. The lowest BCUT2D eigenvalue weighted by molar-refractivity contribution is -0.0159. The fourth-order valence-corrected chi connectivity index (χ4v) is 4.84. The molecule has 4 heterocycles. The van der Waals surface area contributed by atoms with E-state index in [1.165, 1.54) is 23.9 Å². The topological polar surface area (TPSA) is 81.1 Å². The van der Waals surface area contributed by atoms with Crippen LogP contribution in [0.2, 0.25) is 0 Å². The Morgan fingerprint density at radius 2 is 2.03 bits per heavy atom. The van der Waals surface area contributed by atoms with Crippen molar-refractivity contribution in [3.63, 3.8) is 0 Å². The van der Waals surface area contributed by atoms with Crippen molar-refractivity contribution in [2.75, 3.05) is 18.4 Å². The van der Waals surface area contributed by atoms with Crippen LogP contribution in [0.25, 0.3) is 16.3 Å². The second kappa shape index (κ2) is 9.09. The van der Waals surface area contributed by atoms with E-state index < -0.39 is 23.8 Å². The van der Waals surface area contributed by atoms with E-state index in [1.54, 1.807) is 13.8 Å². The molecule has 0 amide bonds. The number of halogens is 3. The van der Waals surface area contributed by atoms with Crippen molar-refractivity contribution in [1.29, 1.82) is 0 Å². The van der Waals surface area contributed by atoms with Crippen LogP contribution in [0.4, 0.5) is 19.0 Å². The first-order chi connectivity index (χ1) is 16.7. The SMILES string of the molecule is Cc1nc(C2=CC3CNC[C@H](C2)O3)cc2c(N[C@H](C)c3cccc(C(F)F)c3F)nn(C)c(=O)c12. The van der Waals surface area contributed by atoms with Gasteiger partial charge >= 0.3 is 0 Å². The molecule has 1 fully saturated rings. The zero-order valence-electron chi connectivity index (χ0n) is 19.6. The third kappa shape index (κ3) is 4.32. The Morgan fingerprint density at radius 1 is 1.26 bits per heavy atom. The van der Waals surface area contributed by atoms with E-state index in [-0.39, 0.29) is 23.3 Å². The van der Waals surface area contributed by atoms with Gasteiger partial charge in [-0.05, 0) is 31.6 Å². The molecular weight excluding hydrogens is 459 g/mol. The number of morpholine rings is 1. The van der Waals surface area contributed by atoms with Gasteiger partial charge in [0, 0.05) is 37.5 Å². The van der Waals surface area contributed by atoms with Crippen LogP contribution in [0.5, 0.6) is 0 Å². The highest BCUT2D eigenvalue weighted by atomic mass is 19.3. The molecule has 2 aromatic heterocycles. The first kappa shape index (κ1) is 23.5. The fourth-order valence-electron chi connectivity index (χ4n) is 4.84. The molecule has 3 aromatic rings. The number of ether oxygens (including phenoxy) is 1. The van der Waals surface area contributed by atoms with Gasteiger partial charge in [0.25, 0.3) is 12.0 Å². The summed E-state index contributed by atoms with van der Waals surface area (Å²) in [6.07, 6.45) is -0.177. The minimum Gasteiger partial charge on any atom is -0.368 e. The molecule has 1 unspecified atom stereocenters. The molecule has 1 saturated heterocycles. The first-order valence-electron chi connectivity index (χ1n) is 11.5. The molecule has 2 aliphatic rings. The van der Waals surface area contributed by atoms with Crippen molar-refractivity contribution >= 4 is 22.2 Å². The van der Waals surface area contributed by atoms with Gasteiger partial charge in [-0.1, -0.05) is 18.2 Å². The lowest BCUT2D eigenvalue weighted by Crippen LogP contribution is -2.46. The quantitative estimate of drug-likeness (QED) is 0.568. The van der Waals surface area contributed by atoms with Gasteiger partial charge in [0.05, 0.1) is 40.6 Å². The van der Waals surface area contributed by atoms with Gasteiger partial charge in [0.2, 0.25) is 0 Å². The van der Waals surface area contributed by atoms with Crippen molar-refractivity contribution < 1.29 is 17.9 Å². The summed E-state index contributed by atoms with van der Waals surface area (Å²) in [5.41, 5.74) is 1.45. The van der Waals surface area contributed by atoms with E-state index in [9.17, 15) is 18.0 Å². The first-order valence-corrected chi connectivity index (χ1v) is 11.5. The number of fused-ring (bicyclic) bond motifs is 3. The predicted octanol–water partition coefficient (Wildman–Crippen LogP) is 4.03. The number of hydrogen-bond donors (Lipinski definition) is 2. The number of benzene rings is 1. The smallest absolute Gasteiger partial charge is 0.276 e. The van der Waals surface area contributed by atoms with Crippen LogP contribution in [0.15, 0.2) is 35.1 Å². The molecular formula is C25H26F3N5O2. The predicted molar refractivity (Wildman–Crippen MR) is 127 cm³/mol. The van der Waals surface area contributed by atoms with Gasteiger partial charge in [-0.25, -0.2) is 17.9 Å². The van der Waals surface area contributed by atoms with Gasteiger partial charge in [-0.3, -0.25) is 9.78 Å². The molecule has 0 radical (unpaired) electrons. The molecule has 2 bridgehead atoms. The van der Waals surface area contributed by atoms with Gasteiger partial charge < -0.3 is 15.4 Å². The van der Waals surface area contributed by atoms with Crippen molar-refractivity contribution in [2.24, 2.45) is 7.05 Å². The molecule has 35 heavy (non-hydrogen) atoms. The number of nitrogens with zero attached hydrogens (tertiary/aromatic N) is 3. The Labute approximate surface area is 200 Å². The van der Waals surface area contributed by atoms with Gasteiger partial charge in [0.15, 0.2) is 5.82 Å².